The minimum atomic E-state index is -0.205. The Morgan fingerprint density at radius 1 is 1.12 bits per heavy atom. The van der Waals surface area contributed by atoms with E-state index in [2.05, 4.69) is 9.97 Å². The highest BCUT2D eigenvalue weighted by atomic mass is 16.5. The molecule has 0 saturated heterocycles. The normalized spacial score (nSPS) is 13.3. The molecule has 0 radical (unpaired) electrons. The zero-order valence-electron chi connectivity index (χ0n) is 14.5. The summed E-state index contributed by atoms with van der Waals surface area (Å²) in [4.78, 5) is 22.4. The number of nitrogen functional groups attached to an aromatic ring is 1. The van der Waals surface area contributed by atoms with E-state index in [1.807, 2.05) is 26.0 Å². The summed E-state index contributed by atoms with van der Waals surface area (Å²) in [6.07, 6.45) is 3.69. The average molecular weight is 342 g/mol. The van der Waals surface area contributed by atoms with Gasteiger partial charge in [0.15, 0.2) is 23.0 Å². The molecule has 7 nitrogen and oxygen atoms in total. The molecular weight excluding hydrogens is 320 g/mol. The number of carbonyl (C=O) groups excluding carboxylic acids is 1. The second-order valence-corrected chi connectivity index (χ2v) is 5.70. The van der Waals surface area contributed by atoms with Crippen molar-refractivity contribution in [3.8, 4) is 11.5 Å². The Morgan fingerprint density at radius 3 is 2.40 bits per heavy atom. The third-order valence-corrected chi connectivity index (χ3v) is 4.09. The van der Waals surface area contributed by atoms with Gasteiger partial charge in [0.05, 0.1) is 13.2 Å². The molecule has 0 unspecified atom stereocenters. The van der Waals surface area contributed by atoms with Crippen LogP contribution in [-0.4, -0.2) is 40.5 Å². The number of benzene rings is 1. The van der Waals surface area contributed by atoms with Crippen LogP contribution < -0.4 is 15.2 Å². The molecule has 0 aliphatic carbocycles. The molecule has 2 aromatic rings. The van der Waals surface area contributed by atoms with Crippen molar-refractivity contribution in [3.63, 3.8) is 0 Å². The molecule has 0 bridgehead atoms. The van der Waals surface area contributed by atoms with Crippen molar-refractivity contribution < 1.29 is 14.3 Å². The number of hydrogen-bond acceptors (Lipinski definition) is 6. The van der Waals surface area contributed by atoms with Gasteiger partial charge in [-0.15, -0.1) is 0 Å². The third-order valence-electron chi connectivity index (χ3n) is 4.09. The lowest BCUT2D eigenvalue weighted by Gasteiger charge is -2.29. The Bertz CT molecular complexity index is 779. The fourth-order valence-corrected chi connectivity index (χ4v) is 2.94. The number of fused-ring (bicyclic) bond motifs is 1. The van der Waals surface area contributed by atoms with Crippen molar-refractivity contribution in [2.45, 2.75) is 26.8 Å². The summed E-state index contributed by atoms with van der Waals surface area (Å²) in [6.45, 7) is 6.09. The summed E-state index contributed by atoms with van der Waals surface area (Å²) in [5.74, 6) is 1.40. The molecule has 3 rings (SSSR count). The van der Waals surface area contributed by atoms with Crippen LogP contribution in [0.2, 0.25) is 0 Å². The number of rotatable bonds is 5. The Labute approximate surface area is 146 Å². The molecule has 1 aromatic carbocycles. The molecule has 0 atom stereocenters. The molecule has 1 amide bonds. The van der Waals surface area contributed by atoms with Gasteiger partial charge < -0.3 is 20.1 Å². The maximum absolute atomic E-state index is 12.7. The predicted octanol–water partition coefficient (Wildman–Crippen LogP) is 2.05. The van der Waals surface area contributed by atoms with Crippen LogP contribution in [0.25, 0.3) is 0 Å². The molecule has 1 aromatic heterocycles. The molecule has 0 fully saturated rings. The van der Waals surface area contributed by atoms with E-state index < -0.39 is 0 Å². The molecule has 1 aliphatic heterocycles. The first kappa shape index (κ1) is 17.0. The number of amides is 1. The summed E-state index contributed by atoms with van der Waals surface area (Å²) < 4.78 is 11.4. The average Bonchev–Trinajstić information content (AvgIpc) is 2.62. The van der Waals surface area contributed by atoms with Gasteiger partial charge in [-0.1, -0.05) is 0 Å². The van der Waals surface area contributed by atoms with E-state index in [-0.39, 0.29) is 17.4 Å². The van der Waals surface area contributed by atoms with Gasteiger partial charge in [-0.25, -0.2) is 9.97 Å². The van der Waals surface area contributed by atoms with Gasteiger partial charge in [-0.3, -0.25) is 4.79 Å². The largest absolute Gasteiger partial charge is 0.490 e. The van der Waals surface area contributed by atoms with Crippen molar-refractivity contribution in [1.29, 1.82) is 0 Å². The fourth-order valence-electron chi connectivity index (χ4n) is 2.94. The lowest BCUT2D eigenvalue weighted by Crippen LogP contribution is -2.37. The van der Waals surface area contributed by atoms with Crippen LogP contribution in [0, 0.1) is 0 Å². The highest BCUT2D eigenvalue weighted by Gasteiger charge is 2.26. The minimum Gasteiger partial charge on any atom is -0.490 e. The van der Waals surface area contributed by atoms with E-state index in [0.29, 0.717) is 32.1 Å². The Kier molecular flexibility index (Phi) is 5.02. The Balaban J connectivity index is 1.86. The quantitative estimate of drug-likeness (QED) is 0.894. The number of hydrogen-bond donors (Lipinski definition) is 1. The molecule has 132 valence electrons. The first-order valence-electron chi connectivity index (χ1n) is 8.41. The van der Waals surface area contributed by atoms with Gasteiger partial charge in [0.1, 0.15) is 0 Å². The Morgan fingerprint density at radius 2 is 1.76 bits per heavy atom. The number of nitrogens with two attached hydrogens (primary N) is 1. The van der Waals surface area contributed by atoms with Gasteiger partial charge in [0.2, 0.25) is 0 Å². The summed E-state index contributed by atoms with van der Waals surface area (Å²) >= 11 is 0. The summed E-state index contributed by atoms with van der Waals surface area (Å²) in [5.41, 5.74) is 8.20. The van der Waals surface area contributed by atoms with E-state index in [9.17, 15) is 4.79 Å². The van der Waals surface area contributed by atoms with Crippen molar-refractivity contribution in [3.05, 3.63) is 41.3 Å². The first-order valence-corrected chi connectivity index (χ1v) is 8.41. The SMILES string of the molecule is CCOc1cc2c(cc1OCC)CN(C(=O)c1nccnc1N)CC2. The van der Waals surface area contributed by atoms with Crippen molar-refractivity contribution in [2.24, 2.45) is 0 Å². The molecule has 1 aliphatic rings. The topological polar surface area (TPSA) is 90.6 Å². The lowest BCUT2D eigenvalue weighted by molar-refractivity contribution is 0.0729. The molecule has 2 N–H and O–H groups in total. The second kappa shape index (κ2) is 7.38. The third kappa shape index (κ3) is 3.50. The molecule has 7 heteroatoms. The lowest BCUT2D eigenvalue weighted by atomic mass is 9.98. The van der Waals surface area contributed by atoms with Crippen LogP contribution in [0.3, 0.4) is 0 Å². The van der Waals surface area contributed by atoms with Gasteiger partial charge in [0.25, 0.3) is 5.91 Å². The fraction of sp³-hybridized carbons (Fsp3) is 0.389. The van der Waals surface area contributed by atoms with E-state index in [4.69, 9.17) is 15.2 Å². The van der Waals surface area contributed by atoms with Gasteiger partial charge in [0, 0.05) is 25.5 Å². The van der Waals surface area contributed by atoms with E-state index >= 15 is 0 Å². The van der Waals surface area contributed by atoms with Crippen LogP contribution in [0.4, 0.5) is 5.82 Å². The van der Waals surface area contributed by atoms with E-state index in [0.717, 1.165) is 17.7 Å². The predicted molar refractivity (Wildman–Crippen MR) is 93.7 cm³/mol. The number of nitrogens with zero attached hydrogens (tertiary/aromatic N) is 3. The smallest absolute Gasteiger partial charge is 0.276 e. The molecule has 0 spiro atoms. The van der Waals surface area contributed by atoms with Crippen LogP contribution >= 0.6 is 0 Å². The highest BCUT2D eigenvalue weighted by Crippen LogP contribution is 2.34. The van der Waals surface area contributed by atoms with Gasteiger partial charge in [-0.2, -0.15) is 0 Å². The molecular formula is C18H22N4O3. The molecule has 2 heterocycles. The maximum atomic E-state index is 12.7. The summed E-state index contributed by atoms with van der Waals surface area (Å²) in [7, 11) is 0. The highest BCUT2D eigenvalue weighted by molar-refractivity contribution is 5.96. The first-order chi connectivity index (χ1) is 12.1. The van der Waals surface area contributed by atoms with Crippen LogP contribution in [-0.2, 0) is 13.0 Å². The van der Waals surface area contributed by atoms with Crippen LogP contribution in [0.15, 0.2) is 24.5 Å². The standard InChI is InChI=1S/C18H22N4O3/c1-3-24-14-9-12-5-8-22(11-13(12)10-15(14)25-4-2)18(23)16-17(19)21-7-6-20-16/h6-7,9-10H,3-5,8,11H2,1-2H3,(H2,19,21). The van der Waals surface area contributed by atoms with Crippen LogP contribution in [0.1, 0.15) is 35.5 Å². The number of anilines is 1. The van der Waals surface area contributed by atoms with E-state index in [1.54, 1.807) is 4.90 Å². The zero-order valence-corrected chi connectivity index (χ0v) is 14.5. The van der Waals surface area contributed by atoms with Gasteiger partial charge >= 0.3 is 0 Å². The van der Waals surface area contributed by atoms with Crippen LogP contribution in [0.5, 0.6) is 11.5 Å². The maximum Gasteiger partial charge on any atom is 0.276 e. The Hall–Kier alpha value is -2.83. The molecule has 0 saturated carbocycles. The molecule has 25 heavy (non-hydrogen) atoms. The van der Waals surface area contributed by atoms with Crippen molar-refractivity contribution >= 4 is 11.7 Å². The second-order valence-electron chi connectivity index (χ2n) is 5.70. The zero-order chi connectivity index (χ0) is 17.8. The number of ether oxygens (including phenoxy) is 2. The summed E-state index contributed by atoms with van der Waals surface area (Å²) in [6, 6.07) is 3.98. The minimum absolute atomic E-state index is 0.153. The van der Waals surface area contributed by atoms with E-state index in [1.165, 1.54) is 18.0 Å². The number of carbonyl (C=O) groups is 1. The monoisotopic (exact) mass is 342 g/mol. The van der Waals surface area contributed by atoms with Crippen molar-refractivity contribution in [1.82, 2.24) is 14.9 Å². The summed E-state index contributed by atoms with van der Waals surface area (Å²) in [5, 5.41) is 0. The van der Waals surface area contributed by atoms with Gasteiger partial charge in [-0.05, 0) is 43.5 Å². The van der Waals surface area contributed by atoms with Crippen molar-refractivity contribution in [2.75, 3.05) is 25.5 Å². The number of aromatic nitrogens is 2.